The van der Waals surface area contributed by atoms with E-state index in [0.717, 1.165) is 23.2 Å². The largest absolute Gasteiger partial charge is 0.334 e. The molecule has 0 atom stereocenters. The van der Waals surface area contributed by atoms with Crippen molar-refractivity contribution in [2.75, 3.05) is 11.9 Å². The van der Waals surface area contributed by atoms with Crippen molar-refractivity contribution in [3.8, 4) is 5.69 Å². The molecule has 0 bridgehead atoms. The molecule has 8 nitrogen and oxygen atoms in total. The Bertz CT molecular complexity index is 1300. The van der Waals surface area contributed by atoms with Crippen LogP contribution in [0, 0.1) is 6.92 Å². The van der Waals surface area contributed by atoms with Crippen LogP contribution in [0.2, 0.25) is 0 Å². The zero-order valence-corrected chi connectivity index (χ0v) is 18.9. The van der Waals surface area contributed by atoms with Crippen molar-refractivity contribution in [1.29, 1.82) is 0 Å². The number of anilines is 1. The number of amides is 2. The van der Waals surface area contributed by atoms with Gasteiger partial charge in [0.15, 0.2) is 0 Å². The molecule has 1 aliphatic rings. The molecule has 2 amide bonds. The number of benzene rings is 2. The molecule has 0 saturated heterocycles. The van der Waals surface area contributed by atoms with Crippen molar-refractivity contribution in [2.45, 2.75) is 26.3 Å². The smallest absolute Gasteiger partial charge is 0.254 e. The van der Waals surface area contributed by atoms with Gasteiger partial charge in [-0.3, -0.25) is 9.59 Å². The first kappa shape index (κ1) is 21.0. The van der Waals surface area contributed by atoms with Crippen LogP contribution in [0.25, 0.3) is 5.69 Å². The first-order valence-corrected chi connectivity index (χ1v) is 11.5. The van der Waals surface area contributed by atoms with Gasteiger partial charge in [-0.25, -0.2) is 4.68 Å². The summed E-state index contributed by atoms with van der Waals surface area (Å²) in [7, 11) is 0. The Morgan fingerprint density at radius 3 is 2.76 bits per heavy atom. The average molecular weight is 459 g/mol. The second-order valence-electron chi connectivity index (χ2n) is 7.97. The fraction of sp³-hybridized carbons (Fsp3) is 0.208. The summed E-state index contributed by atoms with van der Waals surface area (Å²) in [5.41, 5.74) is 4.98. The highest BCUT2D eigenvalue weighted by Gasteiger charge is 2.24. The maximum atomic E-state index is 13.2. The van der Waals surface area contributed by atoms with Crippen LogP contribution in [0.5, 0.6) is 0 Å². The summed E-state index contributed by atoms with van der Waals surface area (Å²) in [6.45, 7) is 3.22. The predicted octanol–water partition coefficient (Wildman–Crippen LogP) is 3.41. The lowest BCUT2D eigenvalue weighted by Crippen LogP contribution is -2.35. The first-order chi connectivity index (χ1) is 16.1. The third-order valence-electron chi connectivity index (χ3n) is 5.85. The van der Waals surface area contributed by atoms with Gasteiger partial charge in [0.2, 0.25) is 5.91 Å². The number of carbonyl (C=O) groups excluding carboxylic acids is 2. The Morgan fingerprint density at radius 2 is 1.97 bits per heavy atom. The van der Waals surface area contributed by atoms with E-state index in [4.69, 9.17) is 0 Å². The zero-order valence-electron chi connectivity index (χ0n) is 18.1. The number of nitrogens with zero attached hydrogens (tertiary/aromatic N) is 5. The van der Waals surface area contributed by atoms with Gasteiger partial charge < -0.3 is 10.2 Å². The molecule has 4 aromatic rings. The molecule has 5 rings (SSSR count). The molecule has 3 heterocycles. The SMILES string of the molecule is Cc1c(NC(=O)Cc2ccc(-n3cnnn3)cc2)cccc1C(=O)N1CCc2sccc2C1. The third kappa shape index (κ3) is 4.40. The van der Waals surface area contributed by atoms with Crippen molar-refractivity contribution in [2.24, 2.45) is 0 Å². The summed E-state index contributed by atoms with van der Waals surface area (Å²) in [4.78, 5) is 29.2. The van der Waals surface area contributed by atoms with E-state index in [1.54, 1.807) is 16.0 Å². The summed E-state index contributed by atoms with van der Waals surface area (Å²) in [5.74, 6) is -0.141. The highest BCUT2D eigenvalue weighted by molar-refractivity contribution is 7.10. The average Bonchev–Trinajstić information content (AvgIpc) is 3.52. The van der Waals surface area contributed by atoms with Crippen LogP contribution < -0.4 is 5.32 Å². The summed E-state index contributed by atoms with van der Waals surface area (Å²) < 4.78 is 1.55. The second kappa shape index (κ2) is 8.95. The molecule has 0 aliphatic carbocycles. The van der Waals surface area contributed by atoms with Gasteiger partial charge in [0.25, 0.3) is 5.91 Å². The predicted molar refractivity (Wildman–Crippen MR) is 125 cm³/mol. The highest BCUT2D eigenvalue weighted by atomic mass is 32.1. The first-order valence-electron chi connectivity index (χ1n) is 10.6. The Labute approximate surface area is 194 Å². The molecule has 0 saturated carbocycles. The fourth-order valence-corrected chi connectivity index (χ4v) is 4.91. The quantitative estimate of drug-likeness (QED) is 0.495. The number of hydrogen-bond donors (Lipinski definition) is 1. The number of hydrogen-bond acceptors (Lipinski definition) is 6. The summed E-state index contributed by atoms with van der Waals surface area (Å²) in [6, 6.07) is 15.0. The van der Waals surface area contributed by atoms with E-state index in [2.05, 4.69) is 32.3 Å². The van der Waals surface area contributed by atoms with E-state index < -0.39 is 0 Å². The normalized spacial score (nSPS) is 12.9. The van der Waals surface area contributed by atoms with Gasteiger partial charge in [0.1, 0.15) is 6.33 Å². The number of thiophene rings is 1. The number of tetrazole rings is 1. The Kier molecular flexibility index (Phi) is 5.70. The summed E-state index contributed by atoms with van der Waals surface area (Å²) >= 11 is 1.75. The molecule has 0 fully saturated rings. The van der Waals surface area contributed by atoms with E-state index in [1.807, 2.05) is 54.3 Å². The van der Waals surface area contributed by atoms with Crippen LogP contribution in [0.4, 0.5) is 5.69 Å². The summed E-state index contributed by atoms with van der Waals surface area (Å²) in [5, 5.41) is 16.1. The second-order valence-corrected chi connectivity index (χ2v) is 8.97. The minimum Gasteiger partial charge on any atom is -0.334 e. The lowest BCUT2D eigenvalue weighted by atomic mass is 10.0. The monoisotopic (exact) mass is 458 g/mol. The van der Waals surface area contributed by atoms with Gasteiger partial charge in [0.05, 0.1) is 12.1 Å². The minimum atomic E-state index is -0.140. The van der Waals surface area contributed by atoms with Crippen LogP contribution >= 0.6 is 11.3 Å². The molecule has 1 N–H and O–H groups in total. The molecule has 166 valence electrons. The van der Waals surface area contributed by atoms with Crippen LogP contribution in [0.1, 0.15) is 31.9 Å². The number of aromatic nitrogens is 4. The highest BCUT2D eigenvalue weighted by Crippen LogP contribution is 2.27. The molecular weight excluding hydrogens is 436 g/mol. The van der Waals surface area contributed by atoms with Gasteiger partial charge in [-0.2, -0.15) is 0 Å². The van der Waals surface area contributed by atoms with Crippen LogP contribution in [0.15, 0.2) is 60.2 Å². The van der Waals surface area contributed by atoms with E-state index in [9.17, 15) is 9.59 Å². The van der Waals surface area contributed by atoms with E-state index in [0.29, 0.717) is 24.3 Å². The Balaban J connectivity index is 1.26. The van der Waals surface area contributed by atoms with Gasteiger partial charge in [0, 0.05) is 29.2 Å². The van der Waals surface area contributed by atoms with Gasteiger partial charge in [-0.05, 0) is 76.2 Å². The molecule has 0 radical (unpaired) electrons. The van der Waals surface area contributed by atoms with Gasteiger partial charge in [-0.15, -0.1) is 16.4 Å². The van der Waals surface area contributed by atoms with Gasteiger partial charge in [-0.1, -0.05) is 18.2 Å². The van der Waals surface area contributed by atoms with Crippen molar-refractivity contribution < 1.29 is 9.59 Å². The third-order valence-corrected chi connectivity index (χ3v) is 6.87. The lowest BCUT2D eigenvalue weighted by molar-refractivity contribution is -0.115. The molecule has 1 aliphatic heterocycles. The van der Waals surface area contributed by atoms with Crippen molar-refractivity contribution in [1.82, 2.24) is 25.1 Å². The molecule has 0 spiro atoms. The van der Waals surface area contributed by atoms with Crippen LogP contribution in [-0.4, -0.2) is 43.5 Å². The van der Waals surface area contributed by atoms with Gasteiger partial charge >= 0.3 is 0 Å². The fourth-order valence-electron chi connectivity index (χ4n) is 4.02. The Morgan fingerprint density at radius 1 is 1.12 bits per heavy atom. The van der Waals surface area contributed by atoms with Crippen molar-refractivity contribution in [3.63, 3.8) is 0 Å². The lowest BCUT2D eigenvalue weighted by Gasteiger charge is -2.28. The van der Waals surface area contributed by atoms with Crippen LogP contribution in [-0.2, 0) is 24.2 Å². The van der Waals surface area contributed by atoms with E-state index >= 15 is 0 Å². The minimum absolute atomic E-state index is 0.00126. The molecule has 9 heteroatoms. The topological polar surface area (TPSA) is 93.0 Å². The van der Waals surface area contributed by atoms with Crippen molar-refractivity contribution in [3.05, 3.63) is 87.4 Å². The number of nitrogens with one attached hydrogen (secondary N) is 1. The number of carbonyl (C=O) groups is 2. The molecule has 0 unspecified atom stereocenters. The number of rotatable bonds is 5. The summed E-state index contributed by atoms with van der Waals surface area (Å²) in [6.07, 6.45) is 2.63. The molecular formula is C24H22N6O2S. The van der Waals surface area contributed by atoms with E-state index in [-0.39, 0.29) is 18.2 Å². The standard InChI is InChI=1S/C24H22N6O2S/c1-16-20(24(32)29-11-9-22-18(14-29)10-12-33-22)3-2-4-21(16)26-23(31)13-17-5-7-19(8-6-17)30-15-25-27-28-30/h2-8,10,12,15H,9,11,13-14H2,1H3,(H,26,31). The van der Waals surface area contributed by atoms with Crippen LogP contribution in [0.3, 0.4) is 0 Å². The maximum Gasteiger partial charge on any atom is 0.254 e. The zero-order chi connectivity index (χ0) is 22.8. The molecule has 2 aromatic heterocycles. The molecule has 33 heavy (non-hydrogen) atoms. The van der Waals surface area contributed by atoms with Crippen molar-refractivity contribution >= 4 is 28.8 Å². The number of fused-ring (bicyclic) bond motifs is 1. The Hall–Kier alpha value is -3.85. The molecule has 2 aromatic carbocycles. The maximum absolute atomic E-state index is 13.2. The van der Waals surface area contributed by atoms with E-state index in [1.165, 1.54) is 16.8 Å².